The summed E-state index contributed by atoms with van der Waals surface area (Å²) in [5, 5.41) is 9.17. The molecule has 144 valence electrons. The van der Waals surface area contributed by atoms with Gasteiger partial charge in [0.2, 0.25) is 5.91 Å². The van der Waals surface area contributed by atoms with Crippen LogP contribution in [0.3, 0.4) is 0 Å². The number of hydrogen-bond acceptors (Lipinski definition) is 4. The van der Waals surface area contributed by atoms with E-state index < -0.39 is 0 Å². The Morgan fingerprint density at radius 1 is 1.07 bits per heavy atom. The average molecular weight is 410 g/mol. The van der Waals surface area contributed by atoms with E-state index in [1.165, 1.54) is 0 Å². The molecule has 2 aromatic rings. The molecule has 0 aliphatic rings. The summed E-state index contributed by atoms with van der Waals surface area (Å²) in [6, 6.07) is 10.3. The van der Waals surface area contributed by atoms with E-state index >= 15 is 0 Å². The Morgan fingerprint density at radius 3 is 2.52 bits per heavy atom. The number of carbonyl (C=O) groups is 2. The van der Waals surface area contributed by atoms with Crippen LogP contribution in [0.1, 0.15) is 15.9 Å². The highest BCUT2D eigenvalue weighted by Gasteiger charge is 2.11. The summed E-state index contributed by atoms with van der Waals surface area (Å²) in [7, 11) is 1.56. The average Bonchev–Trinajstić information content (AvgIpc) is 2.62. The first-order valence-corrected chi connectivity index (χ1v) is 9.03. The number of benzene rings is 2. The lowest BCUT2D eigenvalue weighted by molar-refractivity contribution is -0.114. The quantitative estimate of drug-likeness (QED) is 0.580. The Hall–Kier alpha value is -2.28. The summed E-state index contributed by atoms with van der Waals surface area (Å²) >= 11 is 12.3. The monoisotopic (exact) mass is 409 g/mol. The van der Waals surface area contributed by atoms with Crippen LogP contribution in [0, 0.1) is 6.92 Å². The Labute approximate surface area is 168 Å². The van der Waals surface area contributed by atoms with Crippen molar-refractivity contribution in [1.29, 1.82) is 0 Å². The molecule has 3 N–H and O–H groups in total. The van der Waals surface area contributed by atoms with Crippen molar-refractivity contribution >= 4 is 46.4 Å². The fourth-order valence-electron chi connectivity index (χ4n) is 2.27. The van der Waals surface area contributed by atoms with Crippen molar-refractivity contribution in [3.8, 4) is 0 Å². The number of carbonyl (C=O) groups excluding carboxylic acids is 2. The van der Waals surface area contributed by atoms with Gasteiger partial charge in [-0.15, -0.1) is 0 Å². The molecule has 0 spiro atoms. The Kier molecular flexibility index (Phi) is 7.91. The molecule has 0 radical (unpaired) electrons. The molecule has 2 aromatic carbocycles. The molecule has 8 heteroatoms. The smallest absolute Gasteiger partial charge is 0.252 e. The molecule has 27 heavy (non-hydrogen) atoms. The van der Waals surface area contributed by atoms with E-state index in [9.17, 15) is 9.59 Å². The maximum atomic E-state index is 12.1. The van der Waals surface area contributed by atoms with Crippen LogP contribution in [0.15, 0.2) is 36.4 Å². The van der Waals surface area contributed by atoms with E-state index in [-0.39, 0.29) is 23.4 Å². The lowest BCUT2D eigenvalue weighted by Gasteiger charge is -2.11. The maximum Gasteiger partial charge on any atom is 0.252 e. The number of amides is 2. The molecule has 0 atom stereocenters. The number of hydrogen-bond donors (Lipinski definition) is 3. The van der Waals surface area contributed by atoms with Gasteiger partial charge in [0.25, 0.3) is 5.91 Å². The van der Waals surface area contributed by atoms with Crippen molar-refractivity contribution in [2.45, 2.75) is 6.92 Å². The number of aryl methyl sites for hydroxylation is 1. The fourth-order valence-corrected chi connectivity index (χ4v) is 2.82. The highest BCUT2D eigenvalue weighted by Crippen LogP contribution is 2.23. The molecule has 0 saturated heterocycles. The zero-order valence-corrected chi connectivity index (χ0v) is 16.6. The molecular formula is C19H21Cl2N3O3. The summed E-state index contributed by atoms with van der Waals surface area (Å²) in [5.74, 6) is -0.534. The first-order chi connectivity index (χ1) is 12.9. The third-order valence-electron chi connectivity index (χ3n) is 3.66. The minimum Gasteiger partial charge on any atom is -0.383 e. The molecular weight excluding hydrogens is 389 g/mol. The van der Waals surface area contributed by atoms with Gasteiger partial charge in [0.15, 0.2) is 0 Å². The summed E-state index contributed by atoms with van der Waals surface area (Å²) in [4.78, 5) is 24.1. The van der Waals surface area contributed by atoms with Crippen molar-refractivity contribution in [2.24, 2.45) is 0 Å². The van der Waals surface area contributed by atoms with E-state index in [1.54, 1.807) is 37.4 Å². The fraction of sp³-hybridized carbons (Fsp3) is 0.263. The van der Waals surface area contributed by atoms with Gasteiger partial charge in [0.05, 0.1) is 34.4 Å². The van der Waals surface area contributed by atoms with E-state index in [4.69, 9.17) is 27.9 Å². The molecule has 0 heterocycles. The Balaban J connectivity index is 1.91. The normalized spacial score (nSPS) is 10.4. The van der Waals surface area contributed by atoms with Crippen LogP contribution in [0.2, 0.25) is 10.0 Å². The summed E-state index contributed by atoms with van der Waals surface area (Å²) in [5.41, 5.74) is 2.54. The second-order valence-electron chi connectivity index (χ2n) is 5.83. The predicted molar refractivity (Wildman–Crippen MR) is 109 cm³/mol. The minimum atomic E-state index is -0.282. The molecule has 6 nitrogen and oxygen atoms in total. The molecule has 0 aliphatic heterocycles. The third-order valence-corrected chi connectivity index (χ3v) is 4.28. The number of halogens is 2. The SMILES string of the molecule is COCCNC(=O)c1ccc(NCC(=O)Nc2ccc(C)cc2Cl)cc1Cl. The number of ether oxygens (including phenoxy) is 1. The van der Waals surface area contributed by atoms with Crippen LogP contribution in [-0.2, 0) is 9.53 Å². The topological polar surface area (TPSA) is 79.5 Å². The Morgan fingerprint density at radius 2 is 1.85 bits per heavy atom. The lowest BCUT2D eigenvalue weighted by Crippen LogP contribution is -2.27. The van der Waals surface area contributed by atoms with Gasteiger partial charge in [-0.2, -0.15) is 0 Å². The first-order valence-electron chi connectivity index (χ1n) is 8.27. The third kappa shape index (κ3) is 6.43. The molecule has 0 unspecified atom stereocenters. The molecule has 0 fully saturated rings. The van der Waals surface area contributed by atoms with E-state index in [1.807, 2.05) is 13.0 Å². The van der Waals surface area contributed by atoms with Gasteiger partial charge in [-0.05, 0) is 42.8 Å². The Bertz CT molecular complexity index is 828. The standard InChI is InChI=1S/C19H21Cl2N3O3/c1-12-3-6-17(16(21)9-12)24-18(25)11-23-13-4-5-14(15(20)10-13)19(26)22-7-8-27-2/h3-6,9-10,23H,7-8,11H2,1-2H3,(H,22,26)(H,24,25). The summed E-state index contributed by atoms with van der Waals surface area (Å²) in [6.45, 7) is 2.76. The van der Waals surface area contributed by atoms with Gasteiger partial charge in [0, 0.05) is 19.3 Å². The van der Waals surface area contributed by atoms with Crippen molar-refractivity contribution < 1.29 is 14.3 Å². The van der Waals surface area contributed by atoms with Crippen molar-refractivity contribution in [3.05, 3.63) is 57.6 Å². The van der Waals surface area contributed by atoms with Gasteiger partial charge in [0.1, 0.15) is 0 Å². The molecule has 2 amide bonds. The molecule has 0 aromatic heterocycles. The highest BCUT2D eigenvalue weighted by atomic mass is 35.5. The summed E-state index contributed by atoms with van der Waals surface area (Å²) in [6.07, 6.45) is 0. The number of nitrogens with one attached hydrogen (secondary N) is 3. The highest BCUT2D eigenvalue weighted by molar-refractivity contribution is 6.34. The van der Waals surface area contributed by atoms with Crippen LogP contribution in [0.5, 0.6) is 0 Å². The predicted octanol–water partition coefficient (Wildman–Crippen LogP) is 3.73. The van der Waals surface area contributed by atoms with Crippen LogP contribution in [0.25, 0.3) is 0 Å². The minimum absolute atomic E-state index is 0.0277. The van der Waals surface area contributed by atoms with Crippen molar-refractivity contribution in [1.82, 2.24) is 5.32 Å². The molecule has 0 aliphatic carbocycles. The molecule has 0 saturated carbocycles. The number of anilines is 2. The number of methoxy groups -OCH3 is 1. The second kappa shape index (κ2) is 10.2. The largest absolute Gasteiger partial charge is 0.383 e. The van der Waals surface area contributed by atoms with Gasteiger partial charge >= 0.3 is 0 Å². The van der Waals surface area contributed by atoms with Crippen LogP contribution < -0.4 is 16.0 Å². The zero-order chi connectivity index (χ0) is 19.8. The van der Waals surface area contributed by atoms with Gasteiger partial charge < -0.3 is 20.7 Å². The first kappa shape index (κ1) is 21.0. The van der Waals surface area contributed by atoms with E-state index in [0.29, 0.717) is 35.1 Å². The van der Waals surface area contributed by atoms with Gasteiger partial charge in [-0.25, -0.2) is 0 Å². The maximum absolute atomic E-state index is 12.1. The number of rotatable bonds is 8. The van der Waals surface area contributed by atoms with Crippen LogP contribution >= 0.6 is 23.2 Å². The zero-order valence-electron chi connectivity index (χ0n) is 15.1. The molecule has 0 bridgehead atoms. The van der Waals surface area contributed by atoms with Crippen molar-refractivity contribution in [2.75, 3.05) is 37.4 Å². The lowest BCUT2D eigenvalue weighted by atomic mass is 10.2. The summed E-state index contributed by atoms with van der Waals surface area (Å²) < 4.78 is 4.88. The van der Waals surface area contributed by atoms with E-state index in [0.717, 1.165) is 5.56 Å². The van der Waals surface area contributed by atoms with Crippen molar-refractivity contribution in [3.63, 3.8) is 0 Å². The van der Waals surface area contributed by atoms with Crippen LogP contribution in [0.4, 0.5) is 11.4 Å². The van der Waals surface area contributed by atoms with Crippen LogP contribution in [-0.4, -0.2) is 38.6 Å². The molecule has 2 rings (SSSR count). The van der Waals surface area contributed by atoms with Gasteiger partial charge in [-0.1, -0.05) is 29.3 Å². The van der Waals surface area contributed by atoms with Gasteiger partial charge in [-0.3, -0.25) is 9.59 Å². The second-order valence-corrected chi connectivity index (χ2v) is 6.64. The van der Waals surface area contributed by atoms with E-state index in [2.05, 4.69) is 16.0 Å².